The number of anilines is 2. The number of hydrogen-bond donors (Lipinski definition) is 1. The predicted octanol–water partition coefficient (Wildman–Crippen LogP) is 4.59. The molecule has 3 aromatic carbocycles. The van der Waals surface area contributed by atoms with E-state index in [9.17, 15) is 18.8 Å². The van der Waals surface area contributed by atoms with Crippen LogP contribution in [0.15, 0.2) is 76.3 Å². The van der Waals surface area contributed by atoms with Gasteiger partial charge in [0.2, 0.25) is 5.95 Å². The zero-order valence-electron chi connectivity index (χ0n) is 19.9. The van der Waals surface area contributed by atoms with Gasteiger partial charge in [-0.2, -0.15) is 4.98 Å². The number of carbonyl (C=O) groups is 1. The fraction of sp³-hybridized carbons (Fsp3) is 0.154. The van der Waals surface area contributed by atoms with Crippen LogP contribution in [0.1, 0.15) is 22.8 Å². The molecule has 0 aliphatic carbocycles. The fourth-order valence-electron chi connectivity index (χ4n) is 3.54. The highest BCUT2D eigenvalue weighted by molar-refractivity contribution is 6.30. The number of rotatable bonds is 8. The number of methoxy groups -OCH3 is 1. The van der Waals surface area contributed by atoms with Crippen LogP contribution in [-0.2, 0) is 17.8 Å². The molecule has 0 aliphatic heterocycles. The van der Waals surface area contributed by atoms with E-state index in [1.54, 1.807) is 55.5 Å². The van der Waals surface area contributed by atoms with Crippen molar-refractivity contribution in [2.45, 2.75) is 20.0 Å². The molecule has 0 saturated heterocycles. The minimum atomic E-state index is -0.689. The van der Waals surface area contributed by atoms with Crippen molar-refractivity contribution in [2.75, 3.05) is 12.4 Å². The predicted molar refractivity (Wildman–Crippen MR) is 137 cm³/mol. The Morgan fingerprint density at radius 1 is 1.00 bits per heavy atom. The number of hydrogen-bond acceptors (Lipinski definition) is 7. The maximum atomic E-state index is 13.9. The van der Waals surface area contributed by atoms with Gasteiger partial charge < -0.3 is 14.8 Å². The van der Waals surface area contributed by atoms with Crippen LogP contribution in [0.4, 0.5) is 16.0 Å². The average molecular weight is 525 g/mol. The summed E-state index contributed by atoms with van der Waals surface area (Å²) in [6, 6.07) is 17.0. The van der Waals surface area contributed by atoms with Crippen molar-refractivity contribution in [3.63, 3.8) is 0 Å². The molecular weight excluding hydrogens is 503 g/mol. The first kappa shape index (κ1) is 25.6. The van der Waals surface area contributed by atoms with E-state index in [1.165, 1.54) is 17.7 Å². The van der Waals surface area contributed by atoms with Crippen molar-refractivity contribution in [2.24, 2.45) is 0 Å². The van der Waals surface area contributed by atoms with Gasteiger partial charge in [-0.25, -0.2) is 23.3 Å². The Bertz CT molecular complexity index is 1550. The highest BCUT2D eigenvalue weighted by Gasteiger charge is 2.14. The maximum absolute atomic E-state index is 13.9. The smallest absolute Gasteiger partial charge is 0.354 e. The van der Waals surface area contributed by atoms with E-state index < -0.39 is 23.2 Å². The summed E-state index contributed by atoms with van der Waals surface area (Å²) >= 11 is 5.96. The van der Waals surface area contributed by atoms with Gasteiger partial charge in [-0.15, -0.1) is 0 Å². The van der Waals surface area contributed by atoms with Crippen molar-refractivity contribution in [3.05, 3.63) is 110 Å². The Morgan fingerprint density at radius 2 is 1.70 bits per heavy atom. The molecule has 0 spiro atoms. The lowest BCUT2D eigenvalue weighted by molar-refractivity contribution is 0.0599. The van der Waals surface area contributed by atoms with E-state index in [2.05, 4.69) is 15.0 Å². The molecule has 37 heavy (non-hydrogen) atoms. The van der Waals surface area contributed by atoms with E-state index in [0.717, 1.165) is 22.3 Å². The van der Waals surface area contributed by atoms with Crippen LogP contribution < -0.4 is 21.4 Å². The van der Waals surface area contributed by atoms with Crippen molar-refractivity contribution in [3.8, 4) is 11.5 Å². The zero-order chi connectivity index (χ0) is 26.5. The molecule has 9 nitrogen and oxygen atoms in total. The lowest BCUT2D eigenvalue weighted by Gasteiger charge is -2.15. The van der Waals surface area contributed by atoms with Gasteiger partial charge in [-0.3, -0.25) is 4.57 Å². The third-order valence-electron chi connectivity index (χ3n) is 5.36. The lowest BCUT2D eigenvalue weighted by Crippen LogP contribution is -2.42. The summed E-state index contributed by atoms with van der Waals surface area (Å²) in [7, 11) is 1.20. The summed E-state index contributed by atoms with van der Waals surface area (Å²) in [5.74, 6) is -0.799. The normalized spacial score (nSPS) is 10.7. The number of nitrogens with one attached hydrogen (secondary N) is 1. The molecule has 1 N–H and O–H groups in total. The van der Waals surface area contributed by atoms with Crippen molar-refractivity contribution < 1.29 is 18.7 Å². The van der Waals surface area contributed by atoms with Gasteiger partial charge in [-0.1, -0.05) is 23.7 Å². The lowest BCUT2D eigenvalue weighted by atomic mass is 10.2. The molecule has 0 amide bonds. The van der Waals surface area contributed by atoms with Crippen LogP contribution in [0.2, 0.25) is 5.02 Å². The van der Waals surface area contributed by atoms with Crippen LogP contribution in [0.5, 0.6) is 11.5 Å². The minimum absolute atomic E-state index is 0.0160. The van der Waals surface area contributed by atoms with Gasteiger partial charge in [0, 0.05) is 23.3 Å². The molecule has 4 aromatic rings. The zero-order valence-corrected chi connectivity index (χ0v) is 20.7. The van der Waals surface area contributed by atoms with Gasteiger partial charge in [0.1, 0.15) is 17.3 Å². The Balaban J connectivity index is 1.59. The van der Waals surface area contributed by atoms with Crippen molar-refractivity contribution in [1.29, 1.82) is 0 Å². The Kier molecular flexibility index (Phi) is 7.69. The third-order valence-corrected chi connectivity index (χ3v) is 5.61. The van der Waals surface area contributed by atoms with Gasteiger partial charge in [-0.05, 0) is 61.0 Å². The molecule has 0 aliphatic rings. The molecule has 1 heterocycles. The van der Waals surface area contributed by atoms with E-state index >= 15 is 0 Å². The Morgan fingerprint density at radius 3 is 2.35 bits per heavy atom. The molecule has 11 heteroatoms. The summed E-state index contributed by atoms with van der Waals surface area (Å²) in [4.78, 5) is 41.2. The average Bonchev–Trinajstić information content (AvgIpc) is 2.88. The van der Waals surface area contributed by atoms with Gasteiger partial charge >= 0.3 is 17.3 Å². The number of nitrogens with zero attached hydrogens (tertiary/aromatic N) is 3. The second-order valence-corrected chi connectivity index (χ2v) is 8.31. The first-order chi connectivity index (χ1) is 17.8. The van der Waals surface area contributed by atoms with E-state index in [0.29, 0.717) is 16.5 Å². The molecule has 4 rings (SSSR count). The monoisotopic (exact) mass is 524 g/mol. The quantitative estimate of drug-likeness (QED) is 0.336. The first-order valence-corrected chi connectivity index (χ1v) is 11.5. The number of esters is 1. The number of aromatic nitrogens is 3. The Labute approximate surface area is 215 Å². The first-order valence-electron chi connectivity index (χ1n) is 11.2. The minimum Gasteiger partial charge on any atom is -0.465 e. The molecule has 190 valence electrons. The van der Waals surface area contributed by atoms with E-state index in [4.69, 9.17) is 16.3 Å². The van der Waals surface area contributed by atoms with Crippen LogP contribution in [0.25, 0.3) is 0 Å². The Hall–Kier alpha value is -4.44. The summed E-state index contributed by atoms with van der Waals surface area (Å²) < 4.78 is 26.6. The van der Waals surface area contributed by atoms with Crippen molar-refractivity contribution in [1.82, 2.24) is 14.1 Å². The molecule has 0 unspecified atom stereocenters. The van der Waals surface area contributed by atoms with Crippen LogP contribution in [0, 0.1) is 5.82 Å². The summed E-state index contributed by atoms with van der Waals surface area (Å²) in [5, 5.41) is 3.57. The van der Waals surface area contributed by atoms with Gasteiger partial charge in [0.05, 0.1) is 19.2 Å². The van der Waals surface area contributed by atoms with Gasteiger partial charge in [0.15, 0.2) is 0 Å². The summed E-state index contributed by atoms with van der Waals surface area (Å²) in [6.45, 7) is 2.03. The highest BCUT2D eigenvalue weighted by Crippen LogP contribution is 2.26. The third kappa shape index (κ3) is 6.04. The van der Waals surface area contributed by atoms with Crippen LogP contribution >= 0.6 is 11.6 Å². The van der Waals surface area contributed by atoms with E-state index in [1.807, 2.05) is 0 Å². The van der Waals surface area contributed by atoms with Crippen LogP contribution in [-0.4, -0.2) is 27.2 Å². The second kappa shape index (κ2) is 11.1. The van der Waals surface area contributed by atoms with E-state index in [-0.39, 0.29) is 30.4 Å². The van der Waals surface area contributed by atoms with Crippen molar-refractivity contribution >= 4 is 29.2 Å². The SMILES string of the molecule is CCn1c(=O)nc(Nc2ccc(Oc3cc(F)cc(C(=O)OC)c3)cc2)n(Cc2ccc(Cl)cc2)c1=O. The molecule has 1 aromatic heterocycles. The number of carbonyl (C=O) groups excluding carboxylic acids is 1. The number of benzene rings is 3. The number of halogens is 2. The standard InChI is InChI=1S/C26H22ClFN4O5/c1-3-31-25(34)30-24(32(26(31)35)15-16-4-6-18(27)7-5-16)29-20-8-10-21(11-9-20)37-22-13-17(23(33)36-2)12-19(28)14-22/h4-14H,3,15H2,1-2H3,(H,29,30,34). The second-order valence-electron chi connectivity index (χ2n) is 7.88. The molecule has 0 saturated carbocycles. The number of ether oxygens (including phenoxy) is 2. The summed E-state index contributed by atoms with van der Waals surface area (Å²) in [5.41, 5.74) is 0.152. The maximum Gasteiger partial charge on any atom is 0.354 e. The molecule has 0 radical (unpaired) electrons. The van der Waals surface area contributed by atoms with Gasteiger partial charge in [0.25, 0.3) is 0 Å². The molecule has 0 bridgehead atoms. The topological polar surface area (TPSA) is 104 Å². The molecule has 0 atom stereocenters. The fourth-order valence-corrected chi connectivity index (χ4v) is 3.67. The van der Waals surface area contributed by atoms with Crippen LogP contribution in [0.3, 0.4) is 0 Å². The summed E-state index contributed by atoms with van der Waals surface area (Å²) in [6.07, 6.45) is 0. The largest absolute Gasteiger partial charge is 0.465 e. The highest BCUT2D eigenvalue weighted by atomic mass is 35.5. The molecule has 0 fully saturated rings. The molecular formula is C26H22ClFN4O5.